The van der Waals surface area contributed by atoms with Crippen molar-refractivity contribution in [3.05, 3.63) is 79.9 Å². The molecule has 0 heterocycles. The third kappa shape index (κ3) is 4.87. The smallest absolute Gasteiger partial charge is 0.269 e. The van der Waals surface area contributed by atoms with E-state index in [1.54, 1.807) is 24.3 Å². The molecule has 24 heavy (non-hydrogen) atoms. The molecule has 10 heteroatoms. The van der Waals surface area contributed by atoms with Gasteiger partial charge in [-0.25, -0.2) is 0 Å². The average Bonchev–Trinajstić information content (AvgIpc) is 2.53. The molecule has 0 aliphatic carbocycles. The Labute approximate surface area is 150 Å². The highest BCUT2D eigenvalue weighted by Crippen LogP contribution is 2.27. The lowest BCUT2D eigenvalue weighted by Gasteiger charge is -2.20. The summed E-state index contributed by atoms with van der Waals surface area (Å²) in [7, 11) is 0. The lowest BCUT2D eigenvalue weighted by molar-refractivity contribution is -0.385. The molecular weight excluding hydrogens is 359 g/mol. The molecule has 0 amide bonds. The number of nitro benzene ring substituents is 2. The van der Waals surface area contributed by atoms with Gasteiger partial charge in [-0.1, -0.05) is 24.3 Å². The van der Waals surface area contributed by atoms with Crippen LogP contribution in [0.15, 0.2) is 48.5 Å². The number of halogens is 2. The molecule has 130 valence electrons. The molecule has 8 nitrogen and oxygen atoms in total. The van der Waals surface area contributed by atoms with Crippen molar-refractivity contribution in [2.75, 3.05) is 0 Å². The molecule has 0 saturated carbocycles. The first-order valence-electron chi connectivity index (χ1n) is 6.40. The van der Waals surface area contributed by atoms with Gasteiger partial charge in [-0.15, -0.1) is 24.8 Å². The summed E-state index contributed by atoms with van der Waals surface area (Å²) in [5.41, 5.74) is 13.4. The van der Waals surface area contributed by atoms with Crippen molar-refractivity contribution in [3.8, 4) is 0 Å². The van der Waals surface area contributed by atoms with Gasteiger partial charge >= 0.3 is 0 Å². The van der Waals surface area contributed by atoms with Gasteiger partial charge in [-0.3, -0.25) is 20.2 Å². The molecule has 0 bridgehead atoms. The maximum Gasteiger partial charge on any atom is 0.269 e. The molecule has 0 aliphatic rings. The predicted octanol–water partition coefficient (Wildman–Crippen LogP) is 3.05. The zero-order chi connectivity index (χ0) is 16.3. The Hall–Kier alpha value is -2.26. The third-order valence-electron chi connectivity index (χ3n) is 3.36. The minimum absolute atomic E-state index is 0. The lowest BCUT2D eigenvalue weighted by Crippen LogP contribution is -2.26. The quantitative estimate of drug-likeness (QED) is 0.608. The first-order valence-corrected chi connectivity index (χ1v) is 6.40. The molecule has 2 aromatic carbocycles. The van der Waals surface area contributed by atoms with E-state index in [0.717, 1.165) is 0 Å². The van der Waals surface area contributed by atoms with Gasteiger partial charge in [0.15, 0.2) is 0 Å². The van der Waals surface area contributed by atoms with E-state index < -0.39 is 21.9 Å². The van der Waals surface area contributed by atoms with E-state index in [1.165, 1.54) is 24.3 Å². The lowest BCUT2D eigenvalue weighted by atomic mass is 9.94. The van der Waals surface area contributed by atoms with E-state index in [2.05, 4.69) is 0 Å². The Bertz CT molecular complexity index is 633. The van der Waals surface area contributed by atoms with Crippen molar-refractivity contribution in [2.24, 2.45) is 11.5 Å². The van der Waals surface area contributed by atoms with Crippen LogP contribution in [0.4, 0.5) is 11.4 Å². The molecule has 2 atom stereocenters. The van der Waals surface area contributed by atoms with E-state index in [0.29, 0.717) is 11.1 Å². The number of benzene rings is 2. The summed E-state index contributed by atoms with van der Waals surface area (Å²) < 4.78 is 0. The monoisotopic (exact) mass is 374 g/mol. The third-order valence-corrected chi connectivity index (χ3v) is 3.36. The summed E-state index contributed by atoms with van der Waals surface area (Å²) in [6.07, 6.45) is 0. The predicted molar refractivity (Wildman–Crippen MR) is 94.5 cm³/mol. The molecular formula is C14H16Cl2N4O4. The van der Waals surface area contributed by atoms with Gasteiger partial charge in [0, 0.05) is 36.3 Å². The number of nitrogens with zero attached hydrogens (tertiary/aromatic N) is 2. The normalized spacial score (nSPS) is 12.2. The van der Waals surface area contributed by atoms with Crippen LogP contribution in [0.1, 0.15) is 23.2 Å². The Balaban J connectivity index is 0.00000264. The number of hydrogen-bond acceptors (Lipinski definition) is 6. The Morgan fingerprint density at radius 1 is 0.667 bits per heavy atom. The van der Waals surface area contributed by atoms with Crippen molar-refractivity contribution in [1.82, 2.24) is 0 Å². The van der Waals surface area contributed by atoms with Crippen LogP contribution < -0.4 is 11.5 Å². The van der Waals surface area contributed by atoms with Crippen molar-refractivity contribution < 1.29 is 9.85 Å². The minimum Gasteiger partial charge on any atom is -0.322 e. The fourth-order valence-electron chi connectivity index (χ4n) is 2.05. The van der Waals surface area contributed by atoms with E-state index >= 15 is 0 Å². The van der Waals surface area contributed by atoms with Crippen molar-refractivity contribution >= 4 is 36.2 Å². The van der Waals surface area contributed by atoms with Crippen LogP contribution in [0.3, 0.4) is 0 Å². The maximum absolute atomic E-state index is 10.6. The molecule has 0 fully saturated rings. The number of nitrogens with two attached hydrogens (primary N) is 2. The van der Waals surface area contributed by atoms with E-state index in [1.807, 2.05) is 0 Å². The largest absolute Gasteiger partial charge is 0.322 e. The van der Waals surface area contributed by atoms with Crippen molar-refractivity contribution in [2.45, 2.75) is 12.1 Å². The summed E-state index contributed by atoms with van der Waals surface area (Å²) in [4.78, 5) is 20.2. The van der Waals surface area contributed by atoms with Gasteiger partial charge in [-0.05, 0) is 11.1 Å². The minimum atomic E-state index is -0.581. The molecule has 0 unspecified atom stereocenters. The van der Waals surface area contributed by atoms with Crippen LogP contribution in [-0.4, -0.2) is 9.85 Å². The van der Waals surface area contributed by atoms with E-state index in [4.69, 9.17) is 11.5 Å². The summed E-state index contributed by atoms with van der Waals surface area (Å²) in [5.74, 6) is 0. The summed E-state index contributed by atoms with van der Waals surface area (Å²) in [5, 5.41) is 21.2. The fraction of sp³-hybridized carbons (Fsp3) is 0.143. The van der Waals surface area contributed by atoms with Gasteiger partial charge in [0.25, 0.3) is 11.4 Å². The highest BCUT2D eigenvalue weighted by Gasteiger charge is 2.19. The number of nitro groups is 2. The van der Waals surface area contributed by atoms with Gasteiger partial charge in [0.05, 0.1) is 9.85 Å². The second-order valence-electron chi connectivity index (χ2n) is 4.75. The molecule has 2 aromatic rings. The average molecular weight is 375 g/mol. The zero-order valence-electron chi connectivity index (χ0n) is 12.3. The molecule has 0 aromatic heterocycles. The van der Waals surface area contributed by atoms with Crippen molar-refractivity contribution in [3.63, 3.8) is 0 Å². The summed E-state index contributed by atoms with van der Waals surface area (Å²) in [6, 6.07) is 10.5. The summed E-state index contributed by atoms with van der Waals surface area (Å²) in [6.45, 7) is 0. The van der Waals surface area contributed by atoms with Crippen LogP contribution in [0.25, 0.3) is 0 Å². The van der Waals surface area contributed by atoms with E-state index in [-0.39, 0.29) is 36.2 Å². The molecule has 4 N–H and O–H groups in total. The van der Waals surface area contributed by atoms with Gasteiger partial charge in [-0.2, -0.15) is 0 Å². The van der Waals surface area contributed by atoms with Gasteiger partial charge in [0.2, 0.25) is 0 Å². The second-order valence-corrected chi connectivity index (χ2v) is 4.75. The Morgan fingerprint density at radius 2 is 0.917 bits per heavy atom. The van der Waals surface area contributed by atoms with Crippen LogP contribution in [0.5, 0.6) is 0 Å². The molecule has 0 spiro atoms. The topological polar surface area (TPSA) is 138 Å². The standard InChI is InChI=1S/C14H14N4O4.2ClH/c15-13(9-1-5-11(6-2-9)17(19)20)14(16)10-3-7-12(8-4-10)18(21)22;;/h1-8,13-14H,15-16H2;2*1H/t13-,14+;;. The summed E-state index contributed by atoms with van der Waals surface area (Å²) >= 11 is 0. The molecule has 0 radical (unpaired) electrons. The Morgan fingerprint density at radius 3 is 1.12 bits per heavy atom. The Kier molecular flexibility index (Phi) is 8.28. The van der Waals surface area contributed by atoms with E-state index in [9.17, 15) is 20.2 Å². The van der Waals surface area contributed by atoms with Crippen molar-refractivity contribution in [1.29, 1.82) is 0 Å². The van der Waals surface area contributed by atoms with Crippen LogP contribution in [-0.2, 0) is 0 Å². The first kappa shape index (κ1) is 21.7. The number of non-ortho nitro benzene ring substituents is 2. The highest BCUT2D eigenvalue weighted by atomic mass is 35.5. The second kappa shape index (κ2) is 9.14. The number of hydrogen-bond donors (Lipinski definition) is 2. The van der Waals surface area contributed by atoms with Crippen LogP contribution >= 0.6 is 24.8 Å². The number of rotatable bonds is 5. The molecule has 0 saturated heterocycles. The molecule has 0 aliphatic heterocycles. The molecule has 2 rings (SSSR count). The first-order chi connectivity index (χ1) is 10.4. The van der Waals surface area contributed by atoms with Crippen LogP contribution in [0.2, 0.25) is 0 Å². The fourth-order valence-corrected chi connectivity index (χ4v) is 2.05. The van der Waals surface area contributed by atoms with Crippen LogP contribution in [0, 0.1) is 20.2 Å². The van der Waals surface area contributed by atoms with Gasteiger partial charge in [0.1, 0.15) is 0 Å². The van der Waals surface area contributed by atoms with Gasteiger partial charge < -0.3 is 11.5 Å². The highest BCUT2D eigenvalue weighted by molar-refractivity contribution is 5.85. The zero-order valence-corrected chi connectivity index (χ0v) is 13.9. The maximum atomic E-state index is 10.6. The SMILES string of the molecule is Cl.Cl.N[C@H](c1ccc([N+](=O)[O-])cc1)[C@@H](N)c1ccc([N+](=O)[O-])cc1.